The standard InChI is InChI=1S/C13H23N3O5S2/c1-14(2)7-13(17)15-5-6-16(23(20,21)10-3-4-10)12-9-22(18,19)8-11(12)15/h10-12H,3-9H2,1-2H3/t11-,12+/m1/s1. The van der Waals surface area contributed by atoms with Gasteiger partial charge in [-0.1, -0.05) is 0 Å². The zero-order valence-corrected chi connectivity index (χ0v) is 15.0. The Morgan fingerprint density at radius 1 is 1.13 bits per heavy atom. The summed E-state index contributed by atoms with van der Waals surface area (Å²) in [7, 11) is -3.24. The Morgan fingerprint density at radius 3 is 2.30 bits per heavy atom. The number of rotatable bonds is 4. The first-order valence-corrected chi connectivity index (χ1v) is 11.1. The van der Waals surface area contributed by atoms with E-state index >= 15 is 0 Å². The number of fused-ring (bicyclic) bond motifs is 1. The third kappa shape index (κ3) is 3.26. The number of sulfonamides is 1. The normalized spacial score (nSPS) is 31.3. The van der Waals surface area contributed by atoms with Gasteiger partial charge in [0.1, 0.15) is 0 Å². The van der Waals surface area contributed by atoms with Crippen LogP contribution in [0.5, 0.6) is 0 Å². The maximum absolute atomic E-state index is 12.6. The number of sulfone groups is 1. The summed E-state index contributed by atoms with van der Waals surface area (Å²) < 4.78 is 50.7. The van der Waals surface area contributed by atoms with Crippen molar-refractivity contribution in [2.24, 2.45) is 0 Å². The second kappa shape index (κ2) is 5.68. The van der Waals surface area contributed by atoms with E-state index in [2.05, 4.69) is 0 Å². The molecule has 0 aromatic heterocycles. The Labute approximate surface area is 137 Å². The van der Waals surface area contributed by atoms with Crippen LogP contribution in [0.2, 0.25) is 0 Å². The minimum atomic E-state index is -3.44. The van der Waals surface area contributed by atoms with Gasteiger partial charge >= 0.3 is 0 Å². The molecule has 2 saturated heterocycles. The van der Waals surface area contributed by atoms with Crippen molar-refractivity contribution in [1.82, 2.24) is 14.1 Å². The van der Waals surface area contributed by atoms with Gasteiger partial charge in [0, 0.05) is 13.1 Å². The lowest BCUT2D eigenvalue weighted by Crippen LogP contribution is -2.63. The van der Waals surface area contributed by atoms with E-state index in [-0.39, 0.29) is 42.3 Å². The summed E-state index contributed by atoms with van der Waals surface area (Å²) >= 11 is 0. The monoisotopic (exact) mass is 365 g/mol. The molecule has 1 aliphatic carbocycles. The molecule has 0 unspecified atom stereocenters. The molecule has 132 valence electrons. The highest BCUT2D eigenvalue weighted by atomic mass is 32.2. The van der Waals surface area contributed by atoms with Crippen LogP contribution < -0.4 is 0 Å². The van der Waals surface area contributed by atoms with Crippen LogP contribution >= 0.6 is 0 Å². The van der Waals surface area contributed by atoms with Crippen LogP contribution in [0.25, 0.3) is 0 Å². The molecule has 3 aliphatic rings. The van der Waals surface area contributed by atoms with E-state index < -0.39 is 31.9 Å². The van der Waals surface area contributed by atoms with E-state index in [1.165, 1.54) is 4.31 Å². The molecule has 1 saturated carbocycles. The SMILES string of the molecule is CN(C)CC(=O)N1CCN(S(=O)(=O)C2CC2)[C@H]2CS(=O)(=O)C[C@H]21. The van der Waals surface area contributed by atoms with E-state index in [1.54, 1.807) is 23.9 Å². The number of hydrogen-bond donors (Lipinski definition) is 0. The quantitative estimate of drug-likeness (QED) is 0.592. The molecule has 0 radical (unpaired) electrons. The Hall–Kier alpha value is -0.710. The Morgan fingerprint density at radius 2 is 1.74 bits per heavy atom. The molecule has 0 N–H and O–H groups in total. The van der Waals surface area contributed by atoms with Crippen molar-refractivity contribution < 1.29 is 21.6 Å². The number of carbonyl (C=O) groups excluding carboxylic acids is 1. The third-order valence-electron chi connectivity index (χ3n) is 4.67. The molecule has 3 rings (SSSR count). The molecular weight excluding hydrogens is 342 g/mol. The highest BCUT2D eigenvalue weighted by Crippen LogP contribution is 2.36. The molecule has 1 amide bonds. The predicted molar refractivity (Wildman–Crippen MR) is 85.1 cm³/mol. The molecule has 2 heterocycles. The smallest absolute Gasteiger partial charge is 0.237 e. The molecule has 23 heavy (non-hydrogen) atoms. The summed E-state index contributed by atoms with van der Waals surface area (Å²) in [5.41, 5.74) is 0. The molecule has 10 heteroatoms. The summed E-state index contributed by atoms with van der Waals surface area (Å²) in [5, 5.41) is -0.365. The number of hydrogen-bond acceptors (Lipinski definition) is 6. The van der Waals surface area contributed by atoms with Crippen LogP contribution in [-0.2, 0) is 24.7 Å². The van der Waals surface area contributed by atoms with Gasteiger partial charge in [-0.3, -0.25) is 4.79 Å². The first-order chi connectivity index (χ1) is 10.6. The summed E-state index contributed by atoms with van der Waals surface area (Å²) in [5.74, 6) is -0.478. The third-order valence-corrected chi connectivity index (χ3v) is 8.79. The Balaban J connectivity index is 1.87. The maximum atomic E-state index is 12.6. The highest BCUT2D eigenvalue weighted by molar-refractivity contribution is 7.92. The van der Waals surface area contributed by atoms with Gasteiger partial charge < -0.3 is 9.80 Å². The van der Waals surface area contributed by atoms with Gasteiger partial charge in [-0.25, -0.2) is 16.8 Å². The van der Waals surface area contributed by atoms with Crippen molar-refractivity contribution in [1.29, 1.82) is 0 Å². The van der Waals surface area contributed by atoms with Crippen LogP contribution in [0.1, 0.15) is 12.8 Å². The number of amides is 1. The van der Waals surface area contributed by atoms with Gasteiger partial charge in [0.15, 0.2) is 9.84 Å². The van der Waals surface area contributed by atoms with E-state index in [0.29, 0.717) is 12.8 Å². The zero-order chi connectivity index (χ0) is 17.0. The van der Waals surface area contributed by atoms with Crippen LogP contribution in [0.4, 0.5) is 0 Å². The fourth-order valence-corrected chi connectivity index (χ4v) is 7.58. The van der Waals surface area contributed by atoms with Gasteiger partial charge in [-0.15, -0.1) is 0 Å². The van der Waals surface area contributed by atoms with Gasteiger partial charge in [-0.2, -0.15) is 4.31 Å². The van der Waals surface area contributed by atoms with E-state index in [9.17, 15) is 21.6 Å². The van der Waals surface area contributed by atoms with Crippen molar-refractivity contribution in [2.45, 2.75) is 30.2 Å². The van der Waals surface area contributed by atoms with Gasteiger partial charge in [0.25, 0.3) is 0 Å². The molecule has 0 aromatic carbocycles. The second-order valence-electron chi connectivity index (χ2n) is 6.89. The topological polar surface area (TPSA) is 95.1 Å². The minimum Gasteiger partial charge on any atom is -0.335 e. The largest absolute Gasteiger partial charge is 0.335 e. The summed E-state index contributed by atoms with van der Waals surface area (Å²) in [4.78, 5) is 15.7. The number of carbonyl (C=O) groups is 1. The molecule has 3 fully saturated rings. The van der Waals surface area contributed by atoms with Gasteiger partial charge in [0.2, 0.25) is 15.9 Å². The fraction of sp³-hybridized carbons (Fsp3) is 0.923. The molecule has 8 nitrogen and oxygen atoms in total. The molecule has 2 atom stereocenters. The van der Waals surface area contributed by atoms with Crippen molar-refractivity contribution in [3.8, 4) is 0 Å². The minimum absolute atomic E-state index is 0.145. The summed E-state index contributed by atoms with van der Waals surface area (Å²) in [6.45, 7) is 0.642. The lowest BCUT2D eigenvalue weighted by molar-refractivity contribution is -0.136. The van der Waals surface area contributed by atoms with Crippen LogP contribution in [-0.4, -0.2) is 99.4 Å². The van der Waals surface area contributed by atoms with E-state index in [4.69, 9.17) is 0 Å². The number of likely N-dealkylation sites (N-methyl/N-ethyl adjacent to an activating group) is 1. The second-order valence-corrected chi connectivity index (χ2v) is 11.2. The van der Waals surface area contributed by atoms with Crippen molar-refractivity contribution in [3.05, 3.63) is 0 Å². The fourth-order valence-electron chi connectivity index (χ4n) is 3.47. The molecule has 0 spiro atoms. The lowest BCUT2D eigenvalue weighted by atomic mass is 10.1. The molecular formula is C13H23N3O5S2. The molecule has 0 aromatic rings. The summed E-state index contributed by atoms with van der Waals surface area (Å²) in [6.07, 6.45) is 1.29. The highest BCUT2D eigenvalue weighted by Gasteiger charge is 2.53. The Bertz CT molecular complexity index is 699. The molecule has 0 bridgehead atoms. The molecule has 2 aliphatic heterocycles. The van der Waals surface area contributed by atoms with E-state index in [1.807, 2.05) is 0 Å². The Kier molecular flexibility index (Phi) is 4.23. The predicted octanol–water partition coefficient (Wildman–Crippen LogP) is -1.65. The van der Waals surface area contributed by atoms with Gasteiger partial charge in [-0.05, 0) is 26.9 Å². The first-order valence-electron chi connectivity index (χ1n) is 7.77. The van der Waals surface area contributed by atoms with E-state index in [0.717, 1.165) is 0 Å². The van der Waals surface area contributed by atoms with Crippen molar-refractivity contribution in [3.63, 3.8) is 0 Å². The first kappa shape index (κ1) is 17.1. The average Bonchev–Trinajstić information content (AvgIpc) is 3.19. The van der Waals surface area contributed by atoms with Crippen LogP contribution in [0.15, 0.2) is 0 Å². The summed E-state index contributed by atoms with van der Waals surface area (Å²) in [6, 6.07) is -1.19. The van der Waals surface area contributed by atoms with Crippen molar-refractivity contribution in [2.75, 3.05) is 45.2 Å². The van der Waals surface area contributed by atoms with Gasteiger partial charge in [0.05, 0.1) is 35.4 Å². The lowest BCUT2D eigenvalue weighted by Gasteiger charge is -2.43. The van der Waals surface area contributed by atoms with Crippen LogP contribution in [0, 0.1) is 0 Å². The van der Waals surface area contributed by atoms with Crippen molar-refractivity contribution >= 4 is 25.8 Å². The average molecular weight is 365 g/mol. The number of piperazine rings is 1. The number of nitrogens with zero attached hydrogens (tertiary/aromatic N) is 3. The zero-order valence-electron chi connectivity index (χ0n) is 13.4. The maximum Gasteiger partial charge on any atom is 0.237 e. The van der Waals surface area contributed by atoms with Crippen LogP contribution in [0.3, 0.4) is 0 Å².